The van der Waals surface area contributed by atoms with E-state index in [2.05, 4.69) is 9.72 Å². The van der Waals surface area contributed by atoms with Crippen LogP contribution in [0, 0.1) is 29.1 Å². The number of hydrogen-bond donors (Lipinski definition) is 0. The quantitative estimate of drug-likeness (QED) is 0.485. The van der Waals surface area contributed by atoms with Gasteiger partial charge < -0.3 is 4.74 Å². The predicted molar refractivity (Wildman–Crippen MR) is 59.8 cm³/mol. The molecule has 0 bridgehead atoms. The van der Waals surface area contributed by atoms with Crippen LogP contribution in [0.2, 0.25) is 5.02 Å². The predicted octanol–water partition coefficient (Wildman–Crippen LogP) is 4.01. The lowest BCUT2D eigenvalue weighted by Gasteiger charge is -2.09. The lowest BCUT2D eigenvalue weighted by molar-refractivity contribution is 0.250. The maximum Gasteiger partial charge on any atom is 0.207 e. The van der Waals surface area contributed by atoms with Gasteiger partial charge in [0.05, 0.1) is 5.69 Å². The Hall–Kier alpha value is -1.89. The zero-order chi connectivity index (χ0) is 14.9. The molecule has 106 valence electrons. The Bertz CT molecular complexity index is 636. The fraction of sp³-hybridized carbons (Fsp3) is 0.0833. The van der Waals surface area contributed by atoms with Crippen molar-refractivity contribution in [3.05, 3.63) is 58.1 Å². The second-order valence-electron chi connectivity index (χ2n) is 3.65. The molecule has 0 aliphatic rings. The molecule has 0 aliphatic heterocycles. The van der Waals surface area contributed by atoms with Crippen LogP contribution in [0.25, 0.3) is 0 Å². The molecule has 0 atom stereocenters. The maximum atomic E-state index is 13.3. The van der Waals surface area contributed by atoms with Crippen LogP contribution in [0.5, 0.6) is 5.75 Å². The van der Waals surface area contributed by atoms with Gasteiger partial charge in [0.25, 0.3) is 0 Å². The second-order valence-corrected chi connectivity index (χ2v) is 4.09. The fourth-order valence-electron chi connectivity index (χ4n) is 1.39. The van der Waals surface area contributed by atoms with Crippen LogP contribution in [0.4, 0.5) is 22.0 Å². The summed E-state index contributed by atoms with van der Waals surface area (Å²) < 4.78 is 69.8. The molecule has 1 aromatic carbocycles. The Labute approximate surface area is 114 Å². The monoisotopic (exact) mass is 309 g/mol. The molecular formula is C12H5ClF5NO. The van der Waals surface area contributed by atoms with Crippen molar-refractivity contribution in [3.8, 4) is 5.75 Å². The summed E-state index contributed by atoms with van der Waals surface area (Å²) in [6.07, 6.45) is 1.31. The van der Waals surface area contributed by atoms with E-state index in [9.17, 15) is 22.0 Å². The molecule has 20 heavy (non-hydrogen) atoms. The summed E-state index contributed by atoms with van der Waals surface area (Å²) in [7, 11) is 0. The Balaban J connectivity index is 2.30. The topological polar surface area (TPSA) is 22.1 Å². The minimum Gasteiger partial charge on any atom is -0.481 e. The van der Waals surface area contributed by atoms with Gasteiger partial charge in [-0.15, -0.1) is 0 Å². The van der Waals surface area contributed by atoms with Crippen molar-refractivity contribution in [1.29, 1.82) is 0 Å². The number of benzene rings is 1. The summed E-state index contributed by atoms with van der Waals surface area (Å²) in [5.41, 5.74) is 0.168. The smallest absolute Gasteiger partial charge is 0.207 e. The van der Waals surface area contributed by atoms with Gasteiger partial charge in [-0.3, -0.25) is 4.98 Å². The first kappa shape index (κ1) is 14.5. The van der Waals surface area contributed by atoms with Crippen molar-refractivity contribution in [3.63, 3.8) is 0 Å². The molecule has 0 amide bonds. The summed E-state index contributed by atoms with van der Waals surface area (Å²) >= 11 is 5.65. The van der Waals surface area contributed by atoms with Crippen LogP contribution in [-0.2, 0) is 6.61 Å². The normalized spacial score (nSPS) is 10.7. The van der Waals surface area contributed by atoms with Gasteiger partial charge >= 0.3 is 0 Å². The number of pyridine rings is 1. The lowest BCUT2D eigenvalue weighted by atomic mass is 10.2. The Morgan fingerprint density at radius 3 is 2.05 bits per heavy atom. The van der Waals surface area contributed by atoms with Crippen molar-refractivity contribution in [1.82, 2.24) is 4.98 Å². The van der Waals surface area contributed by atoms with Gasteiger partial charge in [0.2, 0.25) is 29.1 Å². The van der Waals surface area contributed by atoms with Crippen LogP contribution in [0.3, 0.4) is 0 Å². The van der Waals surface area contributed by atoms with E-state index < -0.39 is 41.4 Å². The van der Waals surface area contributed by atoms with Crippen LogP contribution < -0.4 is 4.74 Å². The molecule has 1 heterocycles. The number of halogens is 6. The minimum absolute atomic E-state index is 0.168. The molecule has 0 radical (unpaired) electrons. The number of rotatable bonds is 3. The van der Waals surface area contributed by atoms with E-state index in [0.717, 1.165) is 0 Å². The first-order valence-corrected chi connectivity index (χ1v) is 5.54. The SMILES string of the molecule is Fc1c(F)c(F)c(OCc2cc(Cl)ccn2)c(F)c1F. The standard InChI is InChI=1S/C12H5ClF5NO/c13-5-1-2-19-6(3-5)4-20-12-10(17)8(15)7(14)9(16)11(12)18/h1-3H,4H2. The highest BCUT2D eigenvalue weighted by Gasteiger charge is 2.27. The van der Waals surface area contributed by atoms with E-state index in [1.165, 1.54) is 18.3 Å². The molecule has 2 aromatic rings. The Kier molecular flexibility index (Phi) is 4.08. The summed E-state index contributed by atoms with van der Waals surface area (Å²) in [5, 5.41) is 0.288. The molecule has 8 heteroatoms. The average molecular weight is 310 g/mol. The highest BCUT2D eigenvalue weighted by molar-refractivity contribution is 6.30. The molecule has 0 aliphatic carbocycles. The van der Waals surface area contributed by atoms with E-state index in [1.54, 1.807) is 0 Å². The molecule has 0 saturated heterocycles. The third-order valence-electron chi connectivity index (χ3n) is 2.31. The zero-order valence-corrected chi connectivity index (χ0v) is 10.3. The lowest BCUT2D eigenvalue weighted by Crippen LogP contribution is -2.07. The number of aromatic nitrogens is 1. The number of nitrogens with zero attached hydrogens (tertiary/aromatic N) is 1. The van der Waals surface area contributed by atoms with Crippen LogP contribution in [0.15, 0.2) is 18.3 Å². The third kappa shape index (κ3) is 2.67. The molecule has 0 fully saturated rings. The van der Waals surface area contributed by atoms with Gasteiger partial charge in [0, 0.05) is 11.2 Å². The van der Waals surface area contributed by atoms with Gasteiger partial charge in [-0.25, -0.2) is 13.2 Å². The summed E-state index contributed by atoms with van der Waals surface area (Å²) in [6, 6.07) is 2.77. The highest BCUT2D eigenvalue weighted by Crippen LogP contribution is 2.29. The summed E-state index contributed by atoms with van der Waals surface area (Å²) in [4.78, 5) is 3.76. The van der Waals surface area contributed by atoms with Crippen molar-refractivity contribution < 1.29 is 26.7 Å². The van der Waals surface area contributed by atoms with Gasteiger partial charge in [-0.1, -0.05) is 11.6 Å². The molecule has 1 aromatic heterocycles. The van der Waals surface area contributed by atoms with Gasteiger partial charge in [0.15, 0.2) is 5.75 Å². The summed E-state index contributed by atoms with van der Waals surface area (Å²) in [5.74, 6) is -11.8. The Morgan fingerprint density at radius 1 is 0.950 bits per heavy atom. The van der Waals surface area contributed by atoms with Crippen molar-refractivity contribution >= 4 is 11.6 Å². The summed E-state index contributed by atoms with van der Waals surface area (Å²) in [6.45, 7) is -0.501. The van der Waals surface area contributed by atoms with Crippen molar-refractivity contribution in [2.24, 2.45) is 0 Å². The molecule has 2 rings (SSSR count). The molecular weight excluding hydrogens is 305 g/mol. The molecule has 0 spiro atoms. The van der Waals surface area contributed by atoms with Crippen LogP contribution in [-0.4, -0.2) is 4.98 Å². The maximum absolute atomic E-state index is 13.3. The molecule has 0 unspecified atom stereocenters. The van der Waals surface area contributed by atoms with E-state index >= 15 is 0 Å². The van der Waals surface area contributed by atoms with E-state index in [1.807, 2.05) is 0 Å². The van der Waals surface area contributed by atoms with E-state index in [-0.39, 0.29) is 10.7 Å². The second kappa shape index (κ2) is 5.62. The number of hydrogen-bond acceptors (Lipinski definition) is 2. The number of ether oxygens (including phenoxy) is 1. The molecule has 0 N–H and O–H groups in total. The van der Waals surface area contributed by atoms with Gasteiger partial charge in [0.1, 0.15) is 6.61 Å². The molecule has 0 saturated carbocycles. The molecule has 2 nitrogen and oxygen atoms in total. The van der Waals surface area contributed by atoms with E-state index in [4.69, 9.17) is 11.6 Å². The van der Waals surface area contributed by atoms with Gasteiger partial charge in [-0.05, 0) is 12.1 Å². The fourth-order valence-corrected chi connectivity index (χ4v) is 1.57. The van der Waals surface area contributed by atoms with Crippen molar-refractivity contribution in [2.75, 3.05) is 0 Å². The van der Waals surface area contributed by atoms with Crippen molar-refractivity contribution in [2.45, 2.75) is 6.61 Å². The Morgan fingerprint density at radius 2 is 1.50 bits per heavy atom. The minimum atomic E-state index is -2.24. The largest absolute Gasteiger partial charge is 0.481 e. The first-order chi connectivity index (χ1) is 9.41. The van der Waals surface area contributed by atoms with Gasteiger partial charge in [-0.2, -0.15) is 8.78 Å². The average Bonchev–Trinajstić information content (AvgIpc) is 2.43. The van der Waals surface area contributed by atoms with E-state index in [0.29, 0.717) is 0 Å². The van der Waals surface area contributed by atoms with Crippen LogP contribution >= 0.6 is 11.6 Å². The first-order valence-electron chi connectivity index (χ1n) is 5.16. The van der Waals surface area contributed by atoms with Crippen LogP contribution in [0.1, 0.15) is 5.69 Å². The highest BCUT2D eigenvalue weighted by atomic mass is 35.5. The zero-order valence-electron chi connectivity index (χ0n) is 9.56. The third-order valence-corrected chi connectivity index (χ3v) is 2.55.